The topological polar surface area (TPSA) is 138 Å². The highest BCUT2D eigenvalue weighted by molar-refractivity contribution is 7.91. The number of nitrogens with two attached hydrogens (primary N) is 2. The van der Waals surface area contributed by atoms with Gasteiger partial charge in [0, 0.05) is 18.2 Å². The van der Waals surface area contributed by atoms with E-state index in [0.29, 0.717) is 31.5 Å². The number of carbonyl (C=O) groups excluding carboxylic acids is 1. The summed E-state index contributed by atoms with van der Waals surface area (Å²) >= 11 is 0. The number of rotatable bonds is 3. The van der Waals surface area contributed by atoms with Crippen LogP contribution < -0.4 is 20.9 Å². The van der Waals surface area contributed by atoms with Crippen molar-refractivity contribution in [1.82, 2.24) is 9.78 Å². The first-order valence-electron chi connectivity index (χ1n) is 10.8. The predicted octanol–water partition coefficient (Wildman–Crippen LogP) is 2.32. The largest absolute Gasteiger partial charge is 0.476 e. The molecule has 2 aromatic rings. The molecule has 0 radical (unpaired) electrons. The van der Waals surface area contributed by atoms with Crippen molar-refractivity contribution in [3.63, 3.8) is 0 Å². The van der Waals surface area contributed by atoms with Crippen LogP contribution in [0, 0.1) is 5.92 Å². The zero-order valence-electron chi connectivity index (χ0n) is 17.6. The van der Waals surface area contributed by atoms with Crippen LogP contribution in [0.2, 0.25) is 0 Å². The first-order valence-corrected chi connectivity index (χ1v) is 12.4. The van der Waals surface area contributed by atoms with Crippen molar-refractivity contribution < 1.29 is 13.7 Å². The summed E-state index contributed by atoms with van der Waals surface area (Å²) in [5, 5.41) is 13.1. The summed E-state index contributed by atoms with van der Waals surface area (Å²) in [5.41, 5.74) is 11.5. The number of ether oxygens (including phenoxy) is 1. The van der Waals surface area contributed by atoms with Gasteiger partial charge >= 0.3 is 6.03 Å². The summed E-state index contributed by atoms with van der Waals surface area (Å²) in [6, 6.07) is 1.60. The van der Waals surface area contributed by atoms with Crippen molar-refractivity contribution in [2.45, 2.75) is 56.4 Å². The molecule has 2 aliphatic carbocycles. The molecule has 0 spiro atoms. The van der Waals surface area contributed by atoms with Crippen LogP contribution >= 0.6 is 0 Å². The third kappa shape index (κ3) is 3.52. The summed E-state index contributed by atoms with van der Waals surface area (Å²) < 4.78 is 24.3. The average molecular weight is 445 g/mol. The number of urea groups is 1. The fraction of sp³-hybridized carbons (Fsp3) is 0.524. The van der Waals surface area contributed by atoms with E-state index < -0.39 is 15.9 Å². The number of aryl methyl sites for hydroxylation is 1. The van der Waals surface area contributed by atoms with Crippen molar-refractivity contribution in [3.8, 4) is 5.88 Å². The van der Waals surface area contributed by atoms with E-state index in [4.69, 9.17) is 15.6 Å². The molecule has 0 saturated heterocycles. The van der Waals surface area contributed by atoms with Crippen molar-refractivity contribution in [2.75, 3.05) is 18.5 Å². The highest BCUT2D eigenvalue weighted by Crippen LogP contribution is 2.43. The van der Waals surface area contributed by atoms with E-state index >= 15 is 0 Å². The minimum absolute atomic E-state index is 0.124. The molecule has 1 aromatic carbocycles. The molecular formula is C21H28N6O3S. The second kappa shape index (κ2) is 7.61. The number of nitrogens with zero attached hydrogens (tertiary/aromatic N) is 3. The third-order valence-corrected chi connectivity index (χ3v) is 7.99. The average Bonchev–Trinajstić information content (AvgIpc) is 3.45. The van der Waals surface area contributed by atoms with Gasteiger partial charge in [-0.1, -0.05) is 13.0 Å². The lowest BCUT2D eigenvalue weighted by Gasteiger charge is -2.23. The quantitative estimate of drug-likeness (QED) is 0.667. The number of carbonyl (C=O) groups is 1. The van der Waals surface area contributed by atoms with Gasteiger partial charge in [-0.05, 0) is 60.3 Å². The molecule has 5 N–H and O–H groups in total. The Balaban J connectivity index is 1.46. The third-order valence-electron chi connectivity index (χ3n) is 6.65. The van der Waals surface area contributed by atoms with Crippen LogP contribution in [0.1, 0.15) is 47.9 Å². The summed E-state index contributed by atoms with van der Waals surface area (Å²) in [6.07, 6.45) is 6.38. The summed E-state index contributed by atoms with van der Waals surface area (Å²) in [7, 11) is -3.52. The van der Waals surface area contributed by atoms with Crippen LogP contribution in [0.25, 0.3) is 0 Å². The van der Waals surface area contributed by atoms with Crippen LogP contribution in [-0.2, 0) is 35.7 Å². The molecule has 31 heavy (non-hydrogen) atoms. The zero-order valence-corrected chi connectivity index (χ0v) is 18.4. The maximum atomic E-state index is 13.2. The monoisotopic (exact) mass is 444 g/mol. The number of fused-ring (bicyclic) bond motifs is 3. The van der Waals surface area contributed by atoms with Gasteiger partial charge in [-0.2, -0.15) is 5.10 Å². The summed E-state index contributed by atoms with van der Waals surface area (Å²) in [4.78, 5) is 13.0. The van der Waals surface area contributed by atoms with Crippen LogP contribution in [-0.4, -0.2) is 33.2 Å². The Hall–Kier alpha value is -2.43. The van der Waals surface area contributed by atoms with Gasteiger partial charge in [0.25, 0.3) is 0 Å². The Morgan fingerprint density at radius 3 is 3.03 bits per heavy atom. The number of hydrogen-bond acceptors (Lipinski definition) is 5. The molecule has 1 aromatic heterocycles. The Kier molecular flexibility index (Phi) is 5.03. The van der Waals surface area contributed by atoms with Crippen LogP contribution in [0.3, 0.4) is 0 Å². The van der Waals surface area contributed by atoms with Crippen LogP contribution in [0.5, 0.6) is 5.88 Å². The molecule has 3 unspecified atom stereocenters. The molecule has 3 aliphatic rings. The van der Waals surface area contributed by atoms with E-state index in [-0.39, 0.29) is 10.8 Å². The van der Waals surface area contributed by atoms with Gasteiger partial charge < -0.3 is 15.8 Å². The number of hydrogen-bond donors (Lipinski definition) is 3. The number of nitrogens with one attached hydrogen (secondary N) is 1. The normalized spacial score (nSPS) is 23.3. The molecular weight excluding hydrogens is 416 g/mol. The molecule has 0 fully saturated rings. The molecule has 0 bridgehead atoms. The predicted molar refractivity (Wildman–Crippen MR) is 118 cm³/mol. The van der Waals surface area contributed by atoms with Gasteiger partial charge in [-0.25, -0.2) is 18.8 Å². The Bertz CT molecular complexity index is 1180. The van der Waals surface area contributed by atoms with Gasteiger partial charge in [0.15, 0.2) is 9.92 Å². The number of anilines is 1. The maximum Gasteiger partial charge on any atom is 0.354 e. The van der Waals surface area contributed by atoms with Crippen molar-refractivity contribution in [2.24, 2.45) is 21.2 Å². The lowest BCUT2D eigenvalue weighted by atomic mass is 9.96. The van der Waals surface area contributed by atoms with Gasteiger partial charge in [-0.15, -0.1) is 4.36 Å². The highest BCUT2D eigenvalue weighted by atomic mass is 32.2. The molecule has 10 heteroatoms. The molecule has 3 atom stereocenters. The Morgan fingerprint density at radius 2 is 2.23 bits per heavy atom. The second-order valence-electron chi connectivity index (χ2n) is 8.75. The van der Waals surface area contributed by atoms with E-state index in [9.17, 15) is 9.00 Å². The lowest BCUT2D eigenvalue weighted by molar-refractivity contribution is 0.164. The zero-order chi connectivity index (χ0) is 21.8. The molecule has 0 saturated carbocycles. The number of benzene rings is 1. The Labute approximate surface area is 181 Å². The first-order chi connectivity index (χ1) is 14.9. The molecule has 5 rings (SSSR count). The van der Waals surface area contributed by atoms with E-state index in [2.05, 4.69) is 27.8 Å². The minimum atomic E-state index is -3.52. The van der Waals surface area contributed by atoms with Crippen LogP contribution in [0.4, 0.5) is 10.5 Å². The van der Waals surface area contributed by atoms with Gasteiger partial charge in [0.2, 0.25) is 5.88 Å². The van der Waals surface area contributed by atoms with Crippen LogP contribution in [0.15, 0.2) is 21.5 Å². The fourth-order valence-electron chi connectivity index (χ4n) is 4.96. The van der Waals surface area contributed by atoms with E-state index in [1.807, 2.05) is 0 Å². The fourth-order valence-corrected chi connectivity index (χ4v) is 5.96. The maximum absolute atomic E-state index is 13.2. The van der Waals surface area contributed by atoms with E-state index in [1.165, 1.54) is 28.5 Å². The summed E-state index contributed by atoms with van der Waals surface area (Å²) in [5.74, 6) is 0.892. The summed E-state index contributed by atoms with van der Waals surface area (Å²) in [6.45, 7) is 3.61. The first kappa shape index (κ1) is 20.5. The number of aromatic nitrogens is 2. The SMILES string of the molecule is CC1CCc2c1cc1c(c2NC(=O)N=S(N)(=O)c2cnn3c2OCC(CN)C3)CCC1. The lowest BCUT2D eigenvalue weighted by Crippen LogP contribution is -2.32. The molecule has 166 valence electrons. The molecule has 2 heterocycles. The van der Waals surface area contributed by atoms with Gasteiger partial charge in [0.1, 0.15) is 4.90 Å². The Morgan fingerprint density at radius 1 is 1.39 bits per heavy atom. The number of amides is 2. The van der Waals surface area contributed by atoms with Gasteiger partial charge in [0.05, 0.1) is 19.3 Å². The van der Waals surface area contributed by atoms with Crippen molar-refractivity contribution >= 4 is 21.6 Å². The van der Waals surface area contributed by atoms with E-state index in [1.54, 1.807) is 4.68 Å². The molecule has 9 nitrogen and oxygen atoms in total. The smallest absolute Gasteiger partial charge is 0.354 e. The second-order valence-corrected chi connectivity index (χ2v) is 10.5. The molecule has 1 aliphatic heterocycles. The highest BCUT2D eigenvalue weighted by Gasteiger charge is 2.30. The van der Waals surface area contributed by atoms with Gasteiger partial charge in [-0.3, -0.25) is 0 Å². The van der Waals surface area contributed by atoms with E-state index in [0.717, 1.165) is 37.8 Å². The van der Waals surface area contributed by atoms with Crippen molar-refractivity contribution in [1.29, 1.82) is 0 Å². The standard InChI is InChI=1S/C21H28N6O3S/c1-12-5-6-16-17(12)7-14-3-2-4-15(14)19(16)25-21(28)26-31(23,29)18-9-24-27-10-13(8-22)11-30-20(18)27/h7,9,12-13H,2-6,8,10-11,22H2,1H3,(H3,23,25,26,28,29). The van der Waals surface area contributed by atoms with Crippen molar-refractivity contribution in [3.05, 3.63) is 34.5 Å². The minimum Gasteiger partial charge on any atom is -0.476 e. The molecule has 2 amide bonds.